The van der Waals surface area contributed by atoms with E-state index in [-0.39, 0.29) is 29.5 Å². The molecule has 0 aliphatic rings. The quantitative estimate of drug-likeness (QED) is 0.258. The molecule has 0 bridgehead atoms. The molecule has 26 heavy (non-hydrogen) atoms. The minimum absolute atomic E-state index is 0.0276. The number of nitro benzene ring substituents is 1. The summed E-state index contributed by atoms with van der Waals surface area (Å²) in [4.78, 5) is 33.5. The van der Waals surface area contributed by atoms with Crippen molar-refractivity contribution in [1.29, 1.82) is 0 Å². The number of benzene rings is 1. The van der Waals surface area contributed by atoms with Crippen LogP contribution < -0.4 is 0 Å². The number of hydrogen-bond acceptors (Lipinski definition) is 8. The van der Waals surface area contributed by atoms with Crippen LogP contribution in [0.15, 0.2) is 29.2 Å². The highest BCUT2D eigenvalue weighted by Crippen LogP contribution is 2.21. The van der Waals surface area contributed by atoms with Gasteiger partial charge in [-0.2, -0.15) is 8.42 Å². The molecule has 0 aliphatic carbocycles. The summed E-state index contributed by atoms with van der Waals surface area (Å²) in [6.07, 6.45) is -2.03. The first-order chi connectivity index (χ1) is 12.1. The molecule has 0 heterocycles. The summed E-state index contributed by atoms with van der Waals surface area (Å²) < 4.78 is 34.4. The van der Waals surface area contributed by atoms with E-state index in [1.54, 1.807) is 20.8 Å². The summed E-state index contributed by atoms with van der Waals surface area (Å²) in [5.74, 6) is -1.36. The predicted octanol–water partition coefficient (Wildman–Crippen LogP) is 2.24. The van der Waals surface area contributed by atoms with Gasteiger partial charge in [-0.3, -0.25) is 23.9 Å². The van der Waals surface area contributed by atoms with Crippen LogP contribution in [0.25, 0.3) is 0 Å². The molecule has 1 rings (SSSR count). The van der Waals surface area contributed by atoms with Gasteiger partial charge in [-0.1, -0.05) is 13.8 Å². The minimum Gasteiger partial charge on any atom is -0.466 e. The smallest absolute Gasteiger partial charge is 0.308 e. The van der Waals surface area contributed by atoms with E-state index in [0.29, 0.717) is 0 Å². The number of hydrogen-bond donors (Lipinski definition) is 0. The van der Waals surface area contributed by atoms with Crippen LogP contribution in [0.1, 0.15) is 33.6 Å². The van der Waals surface area contributed by atoms with E-state index >= 15 is 0 Å². The van der Waals surface area contributed by atoms with E-state index in [1.165, 1.54) is 0 Å². The van der Waals surface area contributed by atoms with Crippen LogP contribution in [0.2, 0.25) is 0 Å². The van der Waals surface area contributed by atoms with Crippen molar-refractivity contribution in [1.82, 2.24) is 0 Å². The van der Waals surface area contributed by atoms with Gasteiger partial charge in [0.25, 0.3) is 15.8 Å². The van der Waals surface area contributed by atoms with Crippen molar-refractivity contribution >= 4 is 27.6 Å². The number of ether oxygens (including phenoxy) is 1. The third-order valence-corrected chi connectivity index (χ3v) is 4.54. The molecule has 0 aliphatic heterocycles. The number of rotatable bonds is 10. The van der Waals surface area contributed by atoms with Crippen LogP contribution >= 0.6 is 0 Å². The molecule has 0 fully saturated rings. The highest BCUT2D eigenvalue weighted by atomic mass is 32.2. The van der Waals surface area contributed by atoms with Gasteiger partial charge in [0.2, 0.25) is 0 Å². The van der Waals surface area contributed by atoms with E-state index in [4.69, 9.17) is 8.92 Å². The van der Waals surface area contributed by atoms with Crippen LogP contribution in [0.5, 0.6) is 0 Å². The molecular formula is C16H21NO8S. The topological polar surface area (TPSA) is 130 Å². The fourth-order valence-corrected chi connectivity index (χ4v) is 3.11. The van der Waals surface area contributed by atoms with Gasteiger partial charge < -0.3 is 4.74 Å². The van der Waals surface area contributed by atoms with Gasteiger partial charge in [0.05, 0.1) is 22.8 Å². The second kappa shape index (κ2) is 9.39. The molecule has 0 N–H and O–H groups in total. The van der Waals surface area contributed by atoms with E-state index in [1.807, 2.05) is 0 Å². The Morgan fingerprint density at radius 3 is 2.19 bits per heavy atom. The van der Waals surface area contributed by atoms with Crippen LogP contribution in [0.3, 0.4) is 0 Å². The predicted molar refractivity (Wildman–Crippen MR) is 90.9 cm³/mol. The van der Waals surface area contributed by atoms with Crippen molar-refractivity contribution in [3.8, 4) is 0 Å². The lowest BCUT2D eigenvalue weighted by Crippen LogP contribution is -2.31. The lowest BCUT2D eigenvalue weighted by molar-refractivity contribution is -0.384. The third kappa shape index (κ3) is 6.52. The fraction of sp³-hybridized carbons (Fsp3) is 0.500. The number of ketones is 1. The minimum atomic E-state index is -4.39. The SMILES string of the molecule is CCOC(=O)CC(OS(=O)(=O)c1ccc([N+](=O)[O-])cc1)C(=O)CC(C)C. The Kier molecular flexibility index (Phi) is 7.84. The molecule has 0 aromatic heterocycles. The molecule has 1 aromatic carbocycles. The Labute approximate surface area is 151 Å². The van der Waals surface area contributed by atoms with E-state index in [0.717, 1.165) is 24.3 Å². The van der Waals surface area contributed by atoms with Crippen molar-refractivity contribution in [2.75, 3.05) is 6.61 Å². The van der Waals surface area contributed by atoms with Crippen molar-refractivity contribution in [2.24, 2.45) is 5.92 Å². The molecular weight excluding hydrogens is 366 g/mol. The van der Waals surface area contributed by atoms with E-state index in [9.17, 15) is 28.1 Å². The Morgan fingerprint density at radius 2 is 1.73 bits per heavy atom. The molecule has 144 valence electrons. The van der Waals surface area contributed by atoms with Crippen LogP contribution in [0, 0.1) is 16.0 Å². The second-order valence-electron chi connectivity index (χ2n) is 5.86. The number of non-ortho nitro benzene ring substituents is 1. The average Bonchev–Trinajstić information content (AvgIpc) is 2.53. The highest BCUT2D eigenvalue weighted by Gasteiger charge is 2.30. The second-order valence-corrected chi connectivity index (χ2v) is 7.44. The molecule has 0 radical (unpaired) electrons. The molecule has 1 unspecified atom stereocenters. The van der Waals surface area contributed by atoms with Gasteiger partial charge in [-0.15, -0.1) is 0 Å². The first-order valence-electron chi connectivity index (χ1n) is 7.93. The monoisotopic (exact) mass is 387 g/mol. The molecule has 0 saturated heterocycles. The van der Waals surface area contributed by atoms with Gasteiger partial charge in [0, 0.05) is 18.6 Å². The van der Waals surface area contributed by atoms with Crippen LogP contribution in [-0.4, -0.2) is 37.8 Å². The lowest BCUT2D eigenvalue weighted by Gasteiger charge is -2.17. The standard InChI is InChI=1S/C16H21NO8S/c1-4-24-16(19)10-15(14(18)9-11(2)3)25-26(22,23)13-7-5-12(6-8-13)17(20)21/h5-8,11,15H,4,9-10H2,1-3H3. The van der Waals surface area contributed by atoms with Crippen LogP contribution in [-0.2, 0) is 28.6 Å². The summed E-state index contributed by atoms with van der Waals surface area (Å²) in [5, 5.41) is 10.6. The first-order valence-corrected chi connectivity index (χ1v) is 9.33. The number of nitro groups is 1. The Bertz CT molecular complexity index is 755. The third-order valence-electron chi connectivity index (χ3n) is 3.20. The van der Waals surface area contributed by atoms with Crippen LogP contribution in [0.4, 0.5) is 5.69 Å². The summed E-state index contributed by atoms with van der Waals surface area (Å²) in [5.41, 5.74) is -0.289. The van der Waals surface area contributed by atoms with Gasteiger partial charge in [-0.25, -0.2) is 0 Å². The zero-order chi connectivity index (χ0) is 19.9. The Morgan fingerprint density at radius 1 is 1.15 bits per heavy atom. The van der Waals surface area contributed by atoms with Crippen molar-refractivity contribution in [3.63, 3.8) is 0 Å². The average molecular weight is 387 g/mol. The number of nitrogens with zero attached hydrogens (tertiary/aromatic N) is 1. The van der Waals surface area contributed by atoms with Crippen molar-refractivity contribution in [3.05, 3.63) is 34.4 Å². The maximum Gasteiger partial charge on any atom is 0.308 e. The van der Waals surface area contributed by atoms with E-state index < -0.39 is 39.3 Å². The summed E-state index contributed by atoms with van der Waals surface area (Å²) in [6.45, 7) is 5.20. The Hall–Kier alpha value is -2.33. The van der Waals surface area contributed by atoms with Gasteiger partial charge >= 0.3 is 5.97 Å². The van der Waals surface area contributed by atoms with Crippen molar-refractivity contribution in [2.45, 2.75) is 44.6 Å². The molecule has 0 amide bonds. The molecule has 1 atom stereocenters. The maximum absolute atomic E-state index is 12.4. The summed E-state index contributed by atoms with van der Waals surface area (Å²) in [6, 6.07) is 4.02. The number of carbonyl (C=O) groups excluding carboxylic acids is 2. The summed E-state index contributed by atoms with van der Waals surface area (Å²) >= 11 is 0. The lowest BCUT2D eigenvalue weighted by atomic mass is 10.0. The van der Waals surface area contributed by atoms with Gasteiger partial charge in [0.15, 0.2) is 5.78 Å². The maximum atomic E-state index is 12.4. The van der Waals surface area contributed by atoms with E-state index in [2.05, 4.69) is 0 Å². The number of esters is 1. The van der Waals surface area contributed by atoms with Crippen molar-refractivity contribution < 1.29 is 31.9 Å². The molecule has 1 aromatic rings. The normalized spacial score (nSPS) is 12.6. The zero-order valence-corrected chi connectivity index (χ0v) is 15.5. The number of carbonyl (C=O) groups is 2. The number of Topliss-reactive ketones (excluding diaryl/α,β-unsaturated/α-hetero) is 1. The molecule has 9 nitrogen and oxygen atoms in total. The fourth-order valence-electron chi connectivity index (χ4n) is 2.05. The zero-order valence-electron chi connectivity index (χ0n) is 14.7. The van der Waals surface area contributed by atoms with Gasteiger partial charge in [0.1, 0.15) is 6.10 Å². The molecule has 10 heteroatoms. The largest absolute Gasteiger partial charge is 0.466 e. The first kappa shape index (κ1) is 21.7. The van der Waals surface area contributed by atoms with Gasteiger partial charge in [-0.05, 0) is 25.0 Å². The molecule has 0 spiro atoms. The molecule has 0 saturated carbocycles. The highest BCUT2D eigenvalue weighted by molar-refractivity contribution is 7.86. The Balaban J connectivity index is 3.04. The summed E-state index contributed by atoms with van der Waals surface area (Å²) in [7, 11) is -4.39.